The number of nitrogens with zero attached hydrogens (tertiary/aromatic N) is 3. The van der Waals surface area contributed by atoms with Gasteiger partial charge in [0.15, 0.2) is 0 Å². The van der Waals surface area contributed by atoms with Crippen molar-refractivity contribution in [2.75, 3.05) is 0 Å². The lowest BCUT2D eigenvalue weighted by Crippen LogP contribution is -2.30. The summed E-state index contributed by atoms with van der Waals surface area (Å²) in [6, 6.07) is 0.481. The Morgan fingerprint density at radius 2 is 2.00 bits per heavy atom. The third kappa shape index (κ3) is 2.34. The van der Waals surface area contributed by atoms with Crippen molar-refractivity contribution in [2.45, 2.75) is 37.8 Å². The molecule has 1 heterocycles. The molecule has 0 radical (unpaired) electrons. The fourth-order valence-electron chi connectivity index (χ4n) is 2.07. The van der Waals surface area contributed by atoms with E-state index in [4.69, 9.17) is 11.5 Å². The van der Waals surface area contributed by atoms with Crippen molar-refractivity contribution >= 4 is 28.5 Å². The van der Waals surface area contributed by atoms with Crippen LogP contribution >= 0.6 is 22.6 Å². The van der Waals surface area contributed by atoms with Crippen LogP contribution in [0.25, 0.3) is 0 Å². The van der Waals surface area contributed by atoms with Crippen LogP contribution in [-0.4, -0.2) is 26.7 Å². The van der Waals surface area contributed by atoms with Crippen molar-refractivity contribution in [1.82, 2.24) is 14.8 Å². The fourth-order valence-corrected chi connectivity index (χ4v) is 2.53. The van der Waals surface area contributed by atoms with Crippen LogP contribution in [0.1, 0.15) is 42.3 Å². The SMILES string of the molecule is NC(=O)c1nc(I)nn1C1CCC(N)CC1. The molecule has 1 aliphatic carbocycles. The molecule has 16 heavy (non-hydrogen) atoms. The molecule has 1 amide bonds. The quantitative estimate of drug-likeness (QED) is 0.765. The number of primary amides is 1. The Bertz CT molecular complexity index is 397. The molecule has 0 aromatic carbocycles. The van der Waals surface area contributed by atoms with Gasteiger partial charge in [-0.1, -0.05) is 0 Å². The molecule has 4 N–H and O–H groups in total. The normalized spacial score (nSPS) is 25.6. The Labute approximate surface area is 107 Å². The van der Waals surface area contributed by atoms with Crippen LogP contribution in [-0.2, 0) is 0 Å². The maximum absolute atomic E-state index is 11.2. The minimum absolute atomic E-state index is 0.207. The van der Waals surface area contributed by atoms with Crippen molar-refractivity contribution in [3.8, 4) is 0 Å². The van der Waals surface area contributed by atoms with E-state index in [1.165, 1.54) is 0 Å². The number of hydrogen-bond donors (Lipinski definition) is 2. The summed E-state index contributed by atoms with van der Waals surface area (Å²) in [5.74, 6) is -0.268. The molecule has 1 aromatic heterocycles. The predicted octanol–water partition coefficient (Wildman–Crippen LogP) is 0.424. The Hall–Kier alpha value is -0.700. The molecule has 0 atom stereocenters. The van der Waals surface area contributed by atoms with Gasteiger partial charge in [-0.3, -0.25) is 4.79 Å². The third-order valence-corrected chi connectivity index (χ3v) is 3.37. The highest BCUT2D eigenvalue weighted by Crippen LogP contribution is 2.27. The number of halogens is 1. The molecule has 6 nitrogen and oxygen atoms in total. The molecule has 0 saturated heterocycles. The lowest BCUT2D eigenvalue weighted by molar-refractivity contribution is 0.0979. The first-order valence-electron chi connectivity index (χ1n) is 5.25. The largest absolute Gasteiger partial charge is 0.363 e. The summed E-state index contributed by atoms with van der Waals surface area (Å²) in [4.78, 5) is 15.3. The average Bonchev–Trinajstić information content (AvgIpc) is 2.61. The molecule has 0 bridgehead atoms. The second kappa shape index (κ2) is 4.66. The molecule has 1 aliphatic rings. The summed E-state index contributed by atoms with van der Waals surface area (Å²) < 4.78 is 2.22. The van der Waals surface area contributed by atoms with Crippen molar-refractivity contribution in [1.29, 1.82) is 0 Å². The van der Waals surface area contributed by atoms with Gasteiger partial charge in [0, 0.05) is 28.6 Å². The van der Waals surface area contributed by atoms with Gasteiger partial charge < -0.3 is 11.5 Å². The molecular formula is C9H14IN5O. The first kappa shape index (κ1) is 11.8. The van der Waals surface area contributed by atoms with E-state index in [9.17, 15) is 4.79 Å². The van der Waals surface area contributed by atoms with Crippen LogP contribution in [0.3, 0.4) is 0 Å². The Morgan fingerprint density at radius 1 is 1.38 bits per heavy atom. The first-order valence-corrected chi connectivity index (χ1v) is 6.33. The van der Waals surface area contributed by atoms with Crippen LogP contribution in [0, 0.1) is 3.83 Å². The van der Waals surface area contributed by atoms with Crippen LogP contribution in [0.5, 0.6) is 0 Å². The number of rotatable bonds is 2. The summed E-state index contributed by atoms with van der Waals surface area (Å²) in [6.07, 6.45) is 3.78. The lowest BCUT2D eigenvalue weighted by atomic mass is 9.92. The van der Waals surface area contributed by atoms with Crippen molar-refractivity contribution < 1.29 is 4.79 Å². The molecule has 1 saturated carbocycles. The minimum Gasteiger partial charge on any atom is -0.363 e. The molecule has 0 unspecified atom stereocenters. The summed E-state index contributed by atoms with van der Waals surface area (Å²) in [6.45, 7) is 0. The molecule has 0 aliphatic heterocycles. The van der Waals surface area contributed by atoms with Crippen molar-refractivity contribution in [2.24, 2.45) is 11.5 Å². The third-order valence-electron chi connectivity index (χ3n) is 2.91. The highest BCUT2D eigenvalue weighted by molar-refractivity contribution is 14.1. The summed E-state index contributed by atoms with van der Waals surface area (Å²) in [5, 5.41) is 4.23. The van der Waals surface area contributed by atoms with Crippen LogP contribution in [0.2, 0.25) is 0 Å². The van der Waals surface area contributed by atoms with E-state index in [1.54, 1.807) is 4.68 Å². The average molecular weight is 335 g/mol. The molecule has 7 heteroatoms. The van der Waals surface area contributed by atoms with Gasteiger partial charge in [-0.2, -0.15) is 4.98 Å². The van der Waals surface area contributed by atoms with E-state index in [0.29, 0.717) is 3.83 Å². The highest BCUT2D eigenvalue weighted by atomic mass is 127. The van der Waals surface area contributed by atoms with E-state index >= 15 is 0 Å². The van der Waals surface area contributed by atoms with Crippen molar-refractivity contribution in [3.05, 3.63) is 9.66 Å². The summed E-state index contributed by atoms with van der Waals surface area (Å²) >= 11 is 1.98. The zero-order valence-electron chi connectivity index (χ0n) is 8.77. The predicted molar refractivity (Wildman–Crippen MR) is 66.7 cm³/mol. The van der Waals surface area contributed by atoms with Crippen LogP contribution < -0.4 is 11.5 Å². The fraction of sp³-hybridized carbons (Fsp3) is 0.667. The van der Waals surface area contributed by atoms with E-state index in [1.807, 2.05) is 22.6 Å². The Kier molecular flexibility index (Phi) is 3.43. The maximum atomic E-state index is 11.2. The van der Waals surface area contributed by atoms with Gasteiger partial charge in [-0.05, 0) is 25.7 Å². The van der Waals surface area contributed by atoms with E-state index in [2.05, 4.69) is 10.1 Å². The summed E-state index contributed by atoms with van der Waals surface area (Å²) in [7, 11) is 0. The molecule has 0 spiro atoms. The van der Waals surface area contributed by atoms with E-state index < -0.39 is 5.91 Å². The standard InChI is InChI=1S/C9H14IN5O/c10-9-13-8(7(12)16)15(14-9)6-3-1-5(11)2-4-6/h5-6H,1-4,11H2,(H2,12,16). The van der Waals surface area contributed by atoms with Crippen molar-refractivity contribution in [3.63, 3.8) is 0 Å². The van der Waals surface area contributed by atoms with Gasteiger partial charge in [-0.25, -0.2) is 4.68 Å². The number of aromatic nitrogens is 3. The molecule has 1 fully saturated rings. The summed E-state index contributed by atoms with van der Waals surface area (Å²) in [5.41, 5.74) is 11.1. The number of carbonyl (C=O) groups is 1. The topological polar surface area (TPSA) is 99.8 Å². The number of hydrogen-bond acceptors (Lipinski definition) is 4. The lowest BCUT2D eigenvalue weighted by Gasteiger charge is -2.26. The van der Waals surface area contributed by atoms with Gasteiger partial charge in [-0.15, -0.1) is 5.10 Å². The van der Waals surface area contributed by atoms with Crippen LogP contribution in [0.4, 0.5) is 0 Å². The first-order chi connectivity index (χ1) is 7.58. The Balaban J connectivity index is 2.22. The second-order valence-corrected chi connectivity index (χ2v) is 5.05. The van der Waals surface area contributed by atoms with Gasteiger partial charge in [0.1, 0.15) is 0 Å². The van der Waals surface area contributed by atoms with E-state index in [-0.39, 0.29) is 17.9 Å². The monoisotopic (exact) mass is 335 g/mol. The van der Waals surface area contributed by atoms with Gasteiger partial charge in [0.2, 0.25) is 9.66 Å². The second-order valence-electron chi connectivity index (χ2n) is 4.08. The molecular weight excluding hydrogens is 321 g/mol. The zero-order chi connectivity index (χ0) is 11.7. The number of carbonyl (C=O) groups excluding carboxylic acids is 1. The smallest absolute Gasteiger partial charge is 0.286 e. The highest BCUT2D eigenvalue weighted by Gasteiger charge is 2.25. The maximum Gasteiger partial charge on any atom is 0.286 e. The zero-order valence-corrected chi connectivity index (χ0v) is 10.9. The molecule has 2 rings (SSSR count). The van der Waals surface area contributed by atoms with E-state index in [0.717, 1.165) is 25.7 Å². The molecule has 88 valence electrons. The molecule has 1 aromatic rings. The van der Waals surface area contributed by atoms with Gasteiger partial charge in [0.05, 0.1) is 6.04 Å². The van der Waals surface area contributed by atoms with Gasteiger partial charge >= 0.3 is 0 Å². The number of nitrogens with two attached hydrogens (primary N) is 2. The van der Waals surface area contributed by atoms with Gasteiger partial charge in [0.25, 0.3) is 5.91 Å². The van der Waals surface area contributed by atoms with Crippen LogP contribution in [0.15, 0.2) is 0 Å². The Morgan fingerprint density at radius 3 is 2.56 bits per heavy atom. The minimum atomic E-state index is -0.523. The number of amides is 1.